The molecule has 2 rings (SSSR count). The number of rotatable bonds is 4. The number of likely N-dealkylation sites (N-methyl/N-ethyl adjacent to an activating group) is 1. The predicted molar refractivity (Wildman–Crippen MR) is 89.4 cm³/mol. The fourth-order valence-electron chi connectivity index (χ4n) is 3.83. The third-order valence-corrected chi connectivity index (χ3v) is 6.33. The summed E-state index contributed by atoms with van der Waals surface area (Å²) < 4.78 is 7.15. The van der Waals surface area contributed by atoms with Crippen LogP contribution in [0.5, 0.6) is 0 Å². The molecule has 128 valence electrons. The van der Waals surface area contributed by atoms with Crippen molar-refractivity contribution in [1.82, 2.24) is 4.90 Å². The predicted octanol–water partition coefficient (Wildman–Crippen LogP) is -1.90. The highest BCUT2D eigenvalue weighted by Crippen LogP contribution is 2.43. The zero-order chi connectivity index (χ0) is 15.7. The summed E-state index contributed by atoms with van der Waals surface area (Å²) in [6.45, 7) is 8.44. The molecule has 2 heterocycles. The molecule has 0 aromatic heterocycles. The number of Topliss-reactive ketones (excluding diaryl/α,β-unsaturated/α-hetero) is 1. The molecule has 0 bridgehead atoms. The highest BCUT2D eigenvalue weighted by atomic mass is 127. The van der Waals surface area contributed by atoms with E-state index in [0.717, 1.165) is 35.1 Å². The lowest BCUT2D eigenvalue weighted by molar-refractivity contribution is -0.941. The maximum Gasteiger partial charge on any atom is 0.325 e. The van der Waals surface area contributed by atoms with Crippen LogP contribution in [-0.4, -0.2) is 78.0 Å². The molecule has 0 N–H and O–H groups in total. The van der Waals surface area contributed by atoms with E-state index in [1.807, 2.05) is 0 Å². The second-order valence-electron chi connectivity index (χ2n) is 6.50. The minimum Gasteiger partial charge on any atom is -1.00 e. The van der Waals surface area contributed by atoms with Crippen molar-refractivity contribution in [2.24, 2.45) is 5.41 Å². The Morgan fingerprint density at radius 1 is 1.36 bits per heavy atom. The number of carbonyl (C=O) groups excluding carboxylic acids is 2. The van der Waals surface area contributed by atoms with Crippen LogP contribution in [0, 0.1) is 5.41 Å². The van der Waals surface area contributed by atoms with E-state index in [4.69, 9.17) is 4.74 Å². The first kappa shape index (κ1) is 20.6. The van der Waals surface area contributed by atoms with Crippen molar-refractivity contribution in [2.75, 3.05) is 50.8 Å². The number of halogens is 2. The Balaban J connectivity index is 0.00000242. The van der Waals surface area contributed by atoms with Gasteiger partial charge in [-0.05, 0) is 20.9 Å². The molecule has 0 aromatic rings. The van der Waals surface area contributed by atoms with E-state index in [1.54, 1.807) is 13.8 Å². The first-order valence-corrected chi connectivity index (χ1v) is 9.21. The topological polar surface area (TPSA) is 46.6 Å². The summed E-state index contributed by atoms with van der Waals surface area (Å²) in [6.07, 6.45) is 0.647. The van der Waals surface area contributed by atoms with Gasteiger partial charge in [0.1, 0.15) is 6.54 Å². The Kier molecular flexibility index (Phi) is 7.54. The SMILES string of the molecule is CCOC(=O)C1(C(C)=O)CC(CI)[N+]2(CCN(C)CC2)C1.[I-]. The second-order valence-corrected chi connectivity index (χ2v) is 7.38. The minimum atomic E-state index is -0.915. The number of ether oxygens (including phenoxy) is 1. The summed E-state index contributed by atoms with van der Waals surface area (Å²) >= 11 is 2.40. The van der Waals surface area contributed by atoms with Crippen LogP contribution in [0.4, 0.5) is 0 Å². The molecule has 7 heteroatoms. The number of piperazine rings is 1. The summed E-state index contributed by atoms with van der Waals surface area (Å²) in [5, 5.41) is 0. The van der Waals surface area contributed by atoms with Crippen LogP contribution in [-0.2, 0) is 14.3 Å². The third kappa shape index (κ3) is 3.61. The van der Waals surface area contributed by atoms with Crippen LogP contribution in [0.25, 0.3) is 0 Å². The summed E-state index contributed by atoms with van der Waals surface area (Å²) in [5.74, 6) is -0.328. The van der Waals surface area contributed by atoms with Gasteiger partial charge in [0, 0.05) is 19.5 Å². The van der Waals surface area contributed by atoms with Crippen LogP contribution < -0.4 is 24.0 Å². The zero-order valence-corrected chi connectivity index (χ0v) is 17.9. The van der Waals surface area contributed by atoms with Gasteiger partial charge in [-0.15, -0.1) is 0 Å². The molecule has 1 spiro atoms. The summed E-state index contributed by atoms with van der Waals surface area (Å²) in [7, 11) is 2.13. The van der Waals surface area contributed by atoms with Crippen molar-refractivity contribution in [1.29, 1.82) is 0 Å². The molecule has 0 radical (unpaired) electrons. The molecule has 2 aliphatic rings. The Morgan fingerprint density at radius 2 is 1.95 bits per heavy atom. The highest BCUT2D eigenvalue weighted by Gasteiger charge is 2.62. The Hall–Kier alpha value is 0.520. The second kappa shape index (κ2) is 8.06. The summed E-state index contributed by atoms with van der Waals surface area (Å²) in [4.78, 5) is 27.1. The Bertz CT molecular complexity index is 425. The molecule has 2 atom stereocenters. The monoisotopic (exact) mass is 536 g/mol. The number of alkyl halides is 1. The first-order chi connectivity index (χ1) is 9.90. The Morgan fingerprint density at radius 3 is 2.41 bits per heavy atom. The Labute approximate surface area is 163 Å². The van der Waals surface area contributed by atoms with Gasteiger partial charge in [0.15, 0.2) is 11.2 Å². The van der Waals surface area contributed by atoms with Crippen molar-refractivity contribution in [3.05, 3.63) is 0 Å². The van der Waals surface area contributed by atoms with Gasteiger partial charge < -0.3 is 33.2 Å². The highest BCUT2D eigenvalue weighted by molar-refractivity contribution is 14.1. The number of nitrogens with zero attached hydrogens (tertiary/aromatic N) is 2. The van der Waals surface area contributed by atoms with Crippen molar-refractivity contribution in [3.8, 4) is 0 Å². The lowest BCUT2D eigenvalue weighted by Crippen LogP contribution is -3.00. The number of carbonyl (C=O) groups is 2. The molecule has 2 unspecified atom stereocenters. The molecular weight excluding hydrogens is 510 g/mol. The summed E-state index contributed by atoms with van der Waals surface area (Å²) in [6, 6.07) is 0.382. The lowest BCUT2D eigenvalue weighted by Gasteiger charge is -2.45. The fourth-order valence-corrected chi connectivity index (χ4v) is 4.98. The van der Waals surface area contributed by atoms with Gasteiger partial charge in [0.2, 0.25) is 0 Å². The van der Waals surface area contributed by atoms with Crippen molar-refractivity contribution in [3.63, 3.8) is 0 Å². The van der Waals surface area contributed by atoms with E-state index in [1.165, 1.54) is 0 Å². The van der Waals surface area contributed by atoms with E-state index in [9.17, 15) is 9.59 Å². The summed E-state index contributed by atoms with van der Waals surface area (Å²) in [5.41, 5.74) is -0.915. The van der Waals surface area contributed by atoms with E-state index in [0.29, 0.717) is 25.6 Å². The van der Waals surface area contributed by atoms with Crippen LogP contribution >= 0.6 is 22.6 Å². The number of hydrogen-bond donors (Lipinski definition) is 0. The van der Waals surface area contributed by atoms with Crippen LogP contribution in [0.3, 0.4) is 0 Å². The minimum absolute atomic E-state index is 0. The van der Waals surface area contributed by atoms with Gasteiger partial charge in [-0.1, -0.05) is 22.6 Å². The van der Waals surface area contributed by atoms with Gasteiger partial charge in [-0.3, -0.25) is 14.5 Å². The van der Waals surface area contributed by atoms with Crippen molar-refractivity contribution < 1.29 is 42.8 Å². The average molecular weight is 536 g/mol. The molecule has 5 nitrogen and oxygen atoms in total. The van der Waals surface area contributed by atoms with Gasteiger partial charge in [0.25, 0.3) is 0 Å². The number of ketones is 1. The van der Waals surface area contributed by atoms with Gasteiger partial charge in [-0.2, -0.15) is 0 Å². The number of esters is 1. The maximum absolute atomic E-state index is 12.5. The van der Waals surface area contributed by atoms with Crippen molar-refractivity contribution >= 4 is 34.3 Å². The molecule has 2 saturated heterocycles. The van der Waals surface area contributed by atoms with Gasteiger partial charge >= 0.3 is 5.97 Å². The molecule has 0 aliphatic carbocycles. The molecule has 2 aliphatic heterocycles. The van der Waals surface area contributed by atoms with Gasteiger partial charge in [0.05, 0.1) is 30.2 Å². The van der Waals surface area contributed by atoms with E-state index in [-0.39, 0.29) is 35.7 Å². The molecule has 2 fully saturated rings. The van der Waals surface area contributed by atoms with Crippen molar-refractivity contribution in [2.45, 2.75) is 26.3 Å². The standard InChI is InChI=1S/C15H26IN2O3.HI/c1-4-21-14(20)15(12(2)19)9-13(10-16)18(11-15)7-5-17(3)6-8-18;/h13H,4-11H2,1-3H3;1H/q+1;/p-1. The largest absolute Gasteiger partial charge is 1.00 e. The average Bonchev–Trinajstić information content (AvgIpc) is 2.79. The number of hydrogen-bond acceptors (Lipinski definition) is 4. The lowest BCUT2D eigenvalue weighted by atomic mass is 9.82. The zero-order valence-electron chi connectivity index (χ0n) is 13.6. The van der Waals surface area contributed by atoms with Crippen LogP contribution in [0.2, 0.25) is 0 Å². The maximum atomic E-state index is 12.5. The quantitative estimate of drug-likeness (QED) is 0.139. The molecule has 0 saturated carbocycles. The van der Waals surface area contributed by atoms with Crippen LogP contribution in [0.1, 0.15) is 20.3 Å². The van der Waals surface area contributed by atoms with Gasteiger partial charge in [-0.25, -0.2) is 0 Å². The molecule has 22 heavy (non-hydrogen) atoms. The van der Waals surface area contributed by atoms with Crippen LogP contribution in [0.15, 0.2) is 0 Å². The van der Waals surface area contributed by atoms with E-state index in [2.05, 4.69) is 34.5 Å². The van der Waals surface area contributed by atoms with E-state index < -0.39 is 5.41 Å². The van der Waals surface area contributed by atoms with E-state index >= 15 is 0 Å². The molecular formula is C15H26I2N2O3. The first-order valence-electron chi connectivity index (χ1n) is 7.69. The normalized spacial score (nSPS) is 30.8. The molecule has 0 aromatic carbocycles. The smallest absolute Gasteiger partial charge is 0.325 e. The fraction of sp³-hybridized carbons (Fsp3) is 0.867. The third-order valence-electron chi connectivity index (χ3n) is 5.32. The molecule has 0 amide bonds. The number of quaternary nitrogens is 1.